The molecule has 6 heteroatoms. The number of aromatic nitrogens is 6. The zero-order valence-electron chi connectivity index (χ0n) is 18.6. The van der Waals surface area contributed by atoms with Gasteiger partial charge in [-0.2, -0.15) is 0 Å². The molecule has 0 amide bonds. The molecule has 5 aromatic rings. The molecule has 6 nitrogen and oxygen atoms in total. The number of hydrogen-bond donors (Lipinski definition) is 1. The Hall–Kier alpha value is -3.80. The Morgan fingerprint density at radius 3 is 2.44 bits per heavy atom. The minimum absolute atomic E-state index is 0.671. The van der Waals surface area contributed by atoms with E-state index in [0.717, 1.165) is 47.4 Å². The number of nitrogens with one attached hydrogen (secondary N) is 1. The van der Waals surface area contributed by atoms with Crippen LogP contribution in [0.4, 0.5) is 0 Å². The van der Waals surface area contributed by atoms with E-state index in [1.807, 2.05) is 18.2 Å². The second-order valence-corrected chi connectivity index (χ2v) is 8.31. The van der Waals surface area contributed by atoms with Gasteiger partial charge in [0.15, 0.2) is 5.82 Å². The number of rotatable bonds is 6. The largest absolute Gasteiger partial charge is 0.323 e. The maximum absolute atomic E-state index is 4.99. The van der Waals surface area contributed by atoms with Crippen LogP contribution in [0.5, 0.6) is 0 Å². The number of nitrogens with zero attached hydrogens (tertiary/aromatic N) is 5. The van der Waals surface area contributed by atoms with Crippen LogP contribution in [0.25, 0.3) is 33.5 Å². The van der Waals surface area contributed by atoms with Gasteiger partial charge in [-0.05, 0) is 64.6 Å². The van der Waals surface area contributed by atoms with Crippen molar-refractivity contribution in [2.75, 3.05) is 0 Å². The van der Waals surface area contributed by atoms with Crippen LogP contribution in [0.15, 0.2) is 60.7 Å². The van der Waals surface area contributed by atoms with Crippen LogP contribution >= 0.6 is 0 Å². The highest BCUT2D eigenvalue weighted by molar-refractivity contribution is 5.81. The fourth-order valence-corrected chi connectivity index (χ4v) is 4.39. The summed E-state index contributed by atoms with van der Waals surface area (Å²) in [5.74, 6) is 1.83. The molecule has 160 valence electrons. The molecule has 0 saturated carbocycles. The number of fused-ring (bicyclic) bond motifs is 1. The lowest BCUT2D eigenvalue weighted by Crippen LogP contribution is -2.05. The lowest BCUT2D eigenvalue weighted by atomic mass is 9.98. The molecule has 2 aromatic heterocycles. The molecule has 0 atom stereocenters. The molecule has 0 bridgehead atoms. The van der Waals surface area contributed by atoms with E-state index in [9.17, 15) is 0 Å². The molecule has 3 aromatic carbocycles. The van der Waals surface area contributed by atoms with E-state index in [1.165, 1.54) is 22.2 Å². The Morgan fingerprint density at radius 1 is 0.938 bits per heavy atom. The average molecular weight is 423 g/mol. The summed E-state index contributed by atoms with van der Waals surface area (Å²) in [6.45, 7) is 7.32. The zero-order valence-corrected chi connectivity index (χ0v) is 18.6. The van der Waals surface area contributed by atoms with E-state index in [1.54, 1.807) is 0 Å². The van der Waals surface area contributed by atoms with Gasteiger partial charge in [-0.25, -0.2) is 10.1 Å². The van der Waals surface area contributed by atoms with E-state index >= 15 is 0 Å². The fraction of sp³-hybridized carbons (Fsp3) is 0.231. The van der Waals surface area contributed by atoms with Crippen LogP contribution in [0.3, 0.4) is 0 Å². The highest BCUT2D eigenvalue weighted by atomic mass is 15.5. The van der Waals surface area contributed by atoms with Crippen LogP contribution in [0.2, 0.25) is 0 Å². The van der Waals surface area contributed by atoms with Crippen LogP contribution in [-0.4, -0.2) is 30.2 Å². The predicted molar refractivity (Wildman–Crippen MR) is 127 cm³/mol. The van der Waals surface area contributed by atoms with Crippen molar-refractivity contribution in [2.45, 2.75) is 40.2 Å². The molecule has 0 fully saturated rings. The maximum atomic E-state index is 4.99. The summed E-state index contributed by atoms with van der Waals surface area (Å²) in [6, 6.07) is 21.4. The summed E-state index contributed by atoms with van der Waals surface area (Å²) < 4.78 is 2.38. The van der Waals surface area contributed by atoms with Crippen molar-refractivity contribution in [3.8, 4) is 22.5 Å². The number of aromatic amines is 1. The van der Waals surface area contributed by atoms with Gasteiger partial charge in [0, 0.05) is 18.5 Å². The van der Waals surface area contributed by atoms with Crippen molar-refractivity contribution < 1.29 is 0 Å². The lowest BCUT2D eigenvalue weighted by molar-refractivity contribution is 0.722. The topological polar surface area (TPSA) is 72.3 Å². The SMILES string of the molecule is CCCc1nc2c(C)cc(C)cc2n1Cc1ccc(-c2ccccc2-c2nnn[nH]2)cc1. The van der Waals surface area contributed by atoms with E-state index in [4.69, 9.17) is 4.98 Å². The molecule has 32 heavy (non-hydrogen) atoms. The molecule has 0 aliphatic rings. The summed E-state index contributed by atoms with van der Waals surface area (Å²) in [4.78, 5) is 4.99. The van der Waals surface area contributed by atoms with Gasteiger partial charge < -0.3 is 4.57 Å². The summed E-state index contributed by atoms with van der Waals surface area (Å²) >= 11 is 0. The number of tetrazole rings is 1. The molecule has 0 aliphatic carbocycles. The van der Waals surface area contributed by atoms with Gasteiger partial charge in [0.05, 0.1) is 11.0 Å². The lowest BCUT2D eigenvalue weighted by Gasteiger charge is -2.11. The van der Waals surface area contributed by atoms with Gasteiger partial charge in [-0.3, -0.25) is 0 Å². The van der Waals surface area contributed by atoms with Crippen molar-refractivity contribution in [3.05, 3.63) is 83.2 Å². The number of imidazole rings is 1. The van der Waals surface area contributed by atoms with Crippen molar-refractivity contribution in [2.24, 2.45) is 0 Å². The quantitative estimate of drug-likeness (QED) is 0.392. The molecule has 0 spiro atoms. The first-order chi connectivity index (χ1) is 15.6. The summed E-state index contributed by atoms with van der Waals surface area (Å²) in [5, 5.41) is 14.4. The van der Waals surface area contributed by atoms with Gasteiger partial charge in [0.25, 0.3) is 0 Å². The van der Waals surface area contributed by atoms with Crippen molar-refractivity contribution in [1.82, 2.24) is 30.2 Å². The standard InChI is InChI=1S/C26H26N6/c1-4-7-24-27-25-18(3)14-17(2)15-23(25)32(24)16-19-10-12-20(13-11-19)21-8-5-6-9-22(21)26-28-30-31-29-26/h5-6,8-15H,4,7,16H2,1-3H3,(H,28,29,30,31). The number of hydrogen-bond acceptors (Lipinski definition) is 4. The highest BCUT2D eigenvalue weighted by Gasteiger charge is 2.14. The van der Waals surface area contributed by atoms with E-state index in [2.05, 4.69) is 88.4 Å². The van der Waals surface area contributed by atoms with Gasteiger partial charge >= 0.3 is 0 Å². The van der Waals surface area contributed by atoms with Crippen LogP contribution in [0.1, 0.15) is 35.9 Å². The van der Waals surface area contributed by atoms with E-state index in [0.29, 0.717) is 5.82 Å². The molecule has 0 unspecified atom stereocenters. The Balaban J connectivity index is 1.51. The Bertz CT molecular complexity index is 1360. The first-order valence-corrected chi connectivity index (χ1v) is 11.0. The van der Waals surface area contributed by atoms with Crippen molar-refractivity contribution in [1.29, 1.82) is 0 Å². The molecular weight excluding hydrogens is 396 g/mol. The molecule has 5 rings (SSSR count). The smallest absolute Gasteiger partial charge is 0.180 e. The number of H-pyrrole nitrogens is 1. The minimum Gasteiger partial charge on any atom is -0.323 e. The molecule has 1 N–H and O–H groups in total. The van der Waals surface area contributed by atoms with Crippen molar-refractivity contribution >= 4 is 11.0 Å². The van der Waals surface area contributed by atoms with Gasteiger partial charge in [0.1, 0.15) is 5.82 Å². The monoisotopic (exact) mass is 422 g/mol. The first-order valence-electron chi connectivity index (χ1n) is 11.0. The highest BCUT2D eigenvalue weighted by Crippen LogP contribution is 2.30. The van der Waals surface area contributed by atoms with Crippen LogP contribution in [0, 0.1) is 13.8 Å². The fourth-order valence-electron chi connectivity index (χ4n) is 4.39. The minimum atomic E-state index is 0.671. The Kier molecular flexibility index (Phi) is 5.27. The zero-order chi connectivity index (χ0) is 22.1. The molecule has 0 saturated heterocycles. The number of benzene rings is 3. The van der Waals surface area contributed by atoms with E-state index < -0.39 is 0 Å². The average Bonchev–Trinajstić information content (AvgIpc) is 3.44. The predicted octanol–water partition coefficient (Wildman–Crippen LogP) is 5.50. The molecule has 2 heterocycles. The van der Waals surface area contributed by atoms with Gasteiger partial charge in [-0.15, -0.1) is 5.10 Å². The second-order valence-electron chi connectivity index (χ2n) is 8.31. The third kappa shape index (κ3) is 3.68. The molecule has 0 aliphatic heterocycles. The Labute approximate surface area is 187 Å². The van der Waals surface area contributed by atoms with Crippen LogP contribution < -0.4 is 0 Å². The third-order valence-corrected chi connectivity index (χ3v) is 5.87. The van der Waals surface area contributed by atoms with Crippen molar-refractivity contribution in [3.63, 3.8) is 0 Å². The first kappa shape index (κ1) is 20.1. The molecular formula is C26H26N6. The van der Waals surface area contributed by atoms with Gasteiger partial charge in [-0.1, -0.05) is 61.5 Å². The summed E-state index contributed by atoms with van der Waals surface area (Å²) in [5.41, 5.74) is 9.33. The second kappa shape index (κ2) is 8.38. The number of aryl methyl sites for hydroxylation is 3. The third-order valence-electron chi connectivity index (χ3n) is 5.87. The van der Waals surface area contributed by atoms with E-state index in [-0.39, 0.29) is 0 Å². The maximum Gasteiger partial charge on any atom is 0.180 e. The van der Waals surface area contributed by atoms with Gasteiger partial charge in [0.2, 0.25) is 0 Å². The van der Waals surface area contributed by atoms with Crippen LogP contribution in [-0.2, 0) is 13.0 Å². The normalized spacial score (nSPS) is 11.3. The molecule has 0 radical (unpaired) electrons. The Morgan fingerprint density at radius 2 is 1.72 bits per heavy atom. The summed E-state index contributed by atoms with van der Waals surface area (Å²) in [6.07, 6.45) is 2.05. The summed E-state index contributed by atoms with van der Waals surface area (Å²) in [7, 11) is 0.